The Kier molecular flexibility index (Phi) is 6.51. The van der Waals surface area contributed by atoms with Gasteiger partial charge in [-0.1, -0.05) is 41.4 Å². The molecule has 1 fully saturated rings. The zero-order chi connectivity index (χ0) is 17.6. The molecule has 1 aliphatic rings. The first-order valence-corrected chi connectivity index (χ1v) is 10.2. The summed E-state index contributed by atoms with van der Waals surface area (Å²) in [6.07, 6.45) is 0.183. The molecule has 0 atom stereocenters. The topological polar surface area (TPSA) is 32.3 Å². The third-order valence-corrected chi connectivity index (χ3v) is 5.85. The van der Waals surface area contributed by atoms with Gasteiger partial charge in [-0.25, -0.2) is 0 Å². The van der Waals surface area contributed by atoms with Crippen LogP contribution in [-0.4, -0.2) is 30.5 Å². The van der Waals surface area contributed by atoms with Gasteiger partial charge in [0.1, 0.15) is 0 Å². The number of carbonyl (C=O) groups is 1. The Bertz CT molecular complexity index is 710. The molecule has 1 amide bonds. The van der Waals surface area contributed by atoms with Crippen LogP contribution in [0.5, 0.6) is 0 Å². The van der Waals surface area contributed by atoms with E-state index in [1.54, 1.807) is 18.2 Å². The van der Waals surface area contributed by atoms with Crippen molar-refractivity contribution in [1.82, 2.24) is 5.32 Å². The number of halogens is 2. The molecule has 0 unspecified atom stereocenters. The first kappa shape index (κ1) is 18.4. The van der Waals surface area contributed by atoms with Gasteiger partial charge >= 0.3 is 0 Å². The second-order valence-electron chi connectivity index (χ2n) is 5.92. The molecule has 25 heavy (non-hydrogen) atoms. The fraction of sp³-hybridized carbons (Fsp3) is 0.316. The standard InChI is InChI=1S/C19H20Cl2N2OS/c20-17-2-1-3-18(21)16(17)12-19(24)22-13-14-4-6-15(7-5-14)23-8-10-25-11-9-23/h1-7H,8-13H2,(H,22,24). The van der Waals surface area contributed by atoms with Gasteiger partial charge in [0, 0.05) is 46.9 Å². The number of anilines is 1. The lowest BCUT2D eigenvalue weighted by atomic mass is 10.1. The molecular weight excluding hydrogens is 375 g/mol. The number of carbonyl (C=O) groups excluding carboxylic acids is 1. The number of nitrogens with one attached hydrogen (secondary N) is 1. The van der Waals surface area contributed by atoms with E-state index in [0.717, 1.165) is 18.7 Å². The fourth-order valence-corrected chi connectivity index (χ4v) is 4.21. The van der Waals surface area contributed by atoms with E-state index in [4.69, 9.17) is 23.2 Å². The van der Waals surface area contributed by atoms with Gasteiger partial charge in [-0.05, 0) is 35.4 Å². The van der Waals surface area contributed by atoms with Crippen molar-refractivity contribution in [2.45, 2.75) is 13.0 Å². The molecule has 3 nitrogen and oxygen atoms in total. The van der Waals surface area contributed by atoms with E-state index in [2.05, 4.69) is 34.5 Å². The maximum absolute atomic E-state index is 12.2. The van der Waals surface area contributed by atoms with Crippen LogP contribution in [-0.2, 0) is 17.8 Å². The number of hydrogen-bond donors (Lipinski definition) is 1. The lowest BCUT2D eigenvalue weighted by Gasteiger charge is -2.28. The van der Waals surface area contributed by atoms with E-state index >= 15 is 0 Å². The molecule has 1 aliphatic heterocycles. The number of nitrogens with zero attached hydrogens (tertiary/aromatic N) is 1. The second kappa shape index (κ2) is 8.84. The summed E-state index contributed by atoms with van der Waals surface area (Å²) in [5.41, 5.74) is 2.99. The van der Waals surface area contributed by atoms with Crippen molar-refractivity contribution in [3.63, 3.8) is 0 Å². The summed E-state index contributed by atoms with van der Waals surface area (Å²) >= 11 is 14.2. The molecule has 0 aromatic heterocycles. The quantitative estimate of drug-likeness (QED) is 0.814. The van der Waals surface area contributed by atoms with Crippen LogP contribution in [0.4, 0.5) is 5.69 Å². The molecule has 1 heterocycles. The van der Waals surface area contributed by atoms with Crippen LogP contribution >= 0.6 is 35.0 Å². The molecule has 0 saturated carbocycles. The number of thioether (sulfide) groups is 1. The van der Waals surface area contributed by atoms with Crippen molar-refractivity contribution in [2.75, 3.05) is 29.5 Å². The summed E-state index contributed by atoms with van der Waals surface area (Å²) in [6.45, 7) is 2.69. The molecule has 0 spiro atoms. The lowest BCUT2D eigenvalue weighted by molar-refractivity contribution is -0.120. The molecule has 0 bridgehead atoms. The predicted molar refractivity (Wildman–Crippen MR) is 108 cm³/mol. The first-order chi connectivity index (χ1) is 12.1. The molecular formula is C19H20Cl2N2OS. The Morgan fingerprint density at radius 2 is 1.68 bits per heavy atom. The highest BCUT2D eigenvalue weighted by molar-refractivity contribution is 7.99. The summed E-state index contributed by atoms with van der Waals surface area (Å²) in [7, 11) is 0. The van der Waals surface area contributed by atoms with Gasteiger partial charge in [-0.3, -0.25) is 4.79 Å². The molecule has 1 saturated heterocycles. The molecule has 6 heteroatoms. The molecule has 2 aromatic rings. The molecule has 132 valence electrons. The minimum Gasteiger partial charge on any atom is -0.370 e. The van der Waals surface area contributed by atoms with Crippen molar-refractivity contribution in [2.24, 2.45) is 0 Å². The van der Waals surface area contributed by atoms with Gasteiger partial charge in [-0.2, -0.15) is 11.8 Å². The van der Waals surface area contributed by atoms with E-state index < -0.39 is 0 Å². The Hall–Kier alpha value is -1.36. The van der Waals surface area contributed by atoms with Gasteiger partial charge in [-0.15, -0.1) is 0 Å². The van der Waals surface area contributed by atoms with Gasteiger partial charge < -0.3 is 10.2 Å². The highest BCUT2D eigenvalue weighted by atomic mass is 35.5. The molecule has 0 aliphatic carbocycles. The van der Waals surface area contributed by atoms with Crippen LogP contribution in [0.1, 0.15) is 11.1 Å². The van der Waals surface area contributed by atoms with Crippen molar-refractivity contribution in [1.29, 1.82) is 0 Å². The number of amides is 1. The molecule has 0 radical (unpaired) electrons. The Labute approximate surface area is 162 Å². The zero-order valence-corrected chi connectivity index (χ0v) is 16.1. The van der Waals surface area contributed by atoms with E-state index in [9.17, 15) is 4.79 Å². The second-order valence-corrected chi connectivity index (χ2v) is 7.96. The van der Waals surface area contributed by atoms with Gasteiger partial charge in [0.25, 0.3) is 0 Å². The third-order valence-electron chi connectivity index (χ3n) is 4.20. The van der Waals surface area contributed by atoms with Crippen LogP contribution in [0.15, 0.2) is 42.5 Å². The maximum atomic E-state index is 12.2. The van der Waals surface area contributed by atoms with E-state index in [1.807, 2.05) is 11.8 Å². The summed E-state index contributed by atoms with van der Waals surface area (Å²) in [5.74, 6) is 2.28. The normalized spacial score (nSPS) is 14.4. The SMILES string of the molecule is O=C(Cc1c(Cl)cccc1Cl)NCc1ccc(N2CCSCC2)cc1. The fourth-order valence-electron chi connectivity index (χ4n) is 2.77. The number of hydrogen-bond acceptors (Lipinski definition) is 3. The van der Waals surface area contributed by atoms with Crippen molar-refractivity contribution < 1.29 is 4.79 Å². The zero-order valence-electron chi connectivity index (χ0n) is 13.8. The van der Waals surface area contributed by atoms with Crippen LogP contribution in [0, 0.1) is 0 Å². The van der Waals surface area contributed by atoms with E-state index in [0.29, 0.717) is 22.2 Å². The summed E-state index contributed by atoms with van der Waals surface area (Å²) in [6, 6.07) is 13.7. The summed E-state index contributed by atoms with van der Waals surface area (Å²) in [4.78, 5) is 14.6. The highest BCUT2D eigenvalue weighted by Gasteiger charge is 2.12. The number of benzene rings is 2. The van der Waals surface area contributed by atoms with Crippen molar-refractivity contribution in [3.05, 3.63) is 63.6 Å². The van der Waals surface area contributed by atoms with E-state index in [-0.39, 0.29) is 12.3 Å². The van der Waals surface area contributed by atoms with Crippen molar-refractivity contribution >= 4 is 46.6 Å². The van der Waals surface area contributed by atoms with Crippen LogP contribution in [0.2, 0.25) is 10.0 Å². The molecule has 3 rings (SSSR count). The maximum Gasteiger partial charge on any atom is 0.224 e. The highest BCUT2D eigenvalue weighted by Crippen LogP contribution is 2.24. The summed E-state index contributed by atoms with van der Waals surface area (Å²) < 4.78 is 0. The van der Waals surface area contributed by atoms with Crippen LogP contribution < -0.4 is 10.2 Å². The van der Waals surface area contributed by atoms with E-state index in [1.165, 1.54) is 17.2 Å². The average Bonchev–Trinajstić information content (AvgIpc) is 2.64. The largest absolute Gasteiger partial charge is 0.370 e. The Morgan fingerprint density at radius 3 is 2.32 bits per heavy atom. The predicted octanol–water partition coefficient (Wildman–Crippen LogP) is 4.41. The third kappa shape index (κ3) is 5.06. The lowest BCUT2D eigenvalue weighted by Crippen LogP contribution is -2.32. The minimum absolute atomic E-state index is 0.0906. The Balaban J connectivity index is 1.53. The van der Waals surface area contributed by atoms with Gasteiger partial charge in [0.2, 0.25) is 5.91 Å². The summed E-state index contributed by atoms with van der Waals surface area (Å²) in [5, 5.41) is 3.97. The minimum atomic E-state index is -0.0906. The monoisotopic (exact) mass is 394 g/mol. The first-order valence-electron chi connectivity index (χ1n) is 8.25. The number of rotatable bonds is 5. The van der Waals surface area contributed by atoms with Gasteiger partial charge in [0.15, 0.2) is 0 Å². The van der Waals surface area contributed by atoms with Crippen LogP contribution in [0.25, 0.3) is 0 Å². The van der Waals surface area contributed by atoms with Crippen molar-refractivity contribution in [3.8, 4) is 0 Å². The van der Waals surface area contributed by atoms with Gasteiger partial charge in [0.05, 0.1) is 6.42 Å². The molecule has 2 aromatic carbocycles. The Morgan fingerprint density at radius 1 is 1.04 bits per heavy atom. The molecule has 1 N–H and O–H groups in total. The smallest absolute Gasteiger partial charge is 0.224 e. The van der Waals surface area contributed by atoms with Crippen LogP contribution in [0.3, 0.4) is 0 Å². The average molecular weight is 395 g/mol.